The minimum atomic E-state index is 0.185. The van der Waals surface area contributed by atoms with Crippen molar-refractivity contribution >= 4 is 17.8 Å². The van der Waals surface area contributed by atoms with Gasteiger partial charge < -0.3 is 11.1 Å². The Balaban J connectivity index is 2.28. The molecule has 1 aromatic heterocycles. The van der Waals surface area contributed by atoms with E-state index in [0.717, 1.165) is 6.54 Å². The lowest BCUT2D eigenvalue weighted by atomic mass is 10.6. The molecule has 3 N–H and O–H groups in total. The van der Waals surface area contributed by atoms with Crippen LogP contribution in [0.15, 0.2) is 0 Å². The van der Waals surface area contributed by atoms with E-state index >= 15 is 0 Å². The Bertz CT molecular complexity index is 312. The van der Waals surface area contributed by atoms with Crippen molar-refractivity contribution in [2.24, 2.45) is 0 Å². The van der Waals surface area contributed by atoms with Crippen LogP contribution in [0.4, 0.5) is 17.8 Å². The van der Waals surface area contributed by atoms with Gasteiger partial charge in [0.1, 0.15) is 0 Å². The first kappa shape index (κ1) is 7.99. The Morgan fingerprint density at radius 1 is 1.46 bits per heavy atom. The fourth-order valence-electron chi connectivity index (χ4n) is 0.944. The minimum absolute atomic E-state index is 0.185. The number of hydroxylamine groups is 1. The molecule has 1 fully saturated rings. The van der Waals surface area contributed by atoms with Crippen LogP contribution in [0.5, 0.6) is 0 Å². The number of nitrogens with one attached hydrogen (secondary N) is 1. The summed E-state index contributed by atoms with van der Waals surface area (Å²) in [7, 11) is 1.72. The lowest BCUT2D eigenvalue weighted by molar-refractivity contribution is 0.0218. The van der Waals surface area contributed by atoms with Crippen molar-refractivity contribution in [2.75, 3.05) is 36.3 Å². The SMILES string of the molecule is CNc1nc(N)nc(N2CCO2)n1. The average molecular weight is 182 g/mol. The Labute approximate surface area is 74.9 Å². The van der Waals surface area contributed by atoms with Gasteiger partial charge in [-0.05, 0) is 0 Å². The van der Waals surface area contributed by atoms with Crippen molar-refractivity contribution in [3.63, 3.8) is 0 Å². The minimum Gasteiger partial charge on any atom is -0.368 e. The van der Waals surface area contributed by atoms with Gasteiger partial charge in [0.15, 0.2) is 0 Å². The molecular formula is C6H10N6O. The molecule has 0 amide bonds. The maximum Gasteiger partial charge on any atom is 0.256 e. The number of nitrogens with two attached hydrogens (primary N) is 1. The third kappa shape index (κ3) is 1.45. The summed E-state index contributed by atoms with van der Waals surface area (Å²) in [6, 6.07) is 0. The standard InChI is InChI=1S/C6H10N6O/c1-8-5-9-4(7)10-6(11-5)12-2-3-13-12/h2-3H2,1H3,(H3,7,8,9,10,11). The quantitative estimate of drug-likeness (QED) is 0.621. The second-order valence-corrected chi connectivity index (χ2v) is 2.50. The molecule has 1 saturated heterocycles. The maximum absolute atomic E-state index is 5.47. The summed E-state index contributed by atoms with van der Waals surface area (Å²) in [5.74, 6) is 1.07. The molecule has 0 atom stereocenters. The number of nitrogen functional groups attached to an aromatic ring is 1. The molecule has 0 unspecified atom stereocenters. The van der Waals surface area contributed by atoms with Gasteiger partial charge in [-0.25, -0.2) is 5.06 Å². The maximum atomic E-state index is 5.47. The zero-order chi connectivity index (χ0) is 9.26. The molecular weight excluding hydrogens is 172 g/mol. The largest absolute Gasteiger partial charge is 0.368 e. The van der Waals surface area contributed by atoms with Crippen LogP contribution in [0, 0.1) is 0 Å². The molecule has 7 heteroatoms. The van der Waals surface area contributed by atoms with Crippen LogP contribution in [0.25, 0.3) is 0 Å². The van der Waals surface area contributed by atoms with Crippen LogP contribution in [0.1, 0.15) is 0 Å². The summed E-state index contributed by atoms with van der Waals surface area (Å²) in [6.45, 7) is 1.48. The molecule has 2 heterocycles. The topological polar surface area (TPSA) is 89.2 Å². The zero-order valence-electron chi connectivity index (χ0n) is 7.19. The van der Waals surface area contributed by atoms with Crippen molar-refractivity contribution in [1.82, 2.24) is 15.0 Å². The van der Waals surface area contributed by atoms with E-state index in [1.807, 2.05) is 0 Å². The van der Waals surface area contributed by atoms with Crippen molar-refractivity contribution in [1.29, 1.82) is 0 Å². The average Bonchev–Trinajstić information content (AvgIpc) is 2.00. The van der Waals surface area contributed by atoms with Gasteiger partial charge in [-0.2, -0.15) is 15.0 Å². The molecule has 7 nitrogen and oxygen atoms in total. The Hall–Kier alpha value is -1.63. The lowest BCUT2D eigenvalue weighted by Crippen LogP contribution is -2.40. The number of aromatic nitrogens is 3. The number of hydrogen-bond acceptors (Lipinski definition) is 7. The summed E-state index contributed by atoms with van der Waals surface area (Å²) in [5.41, 5.74) is 5.47. The van der Waals surface area contributed by atoms with E-state index in [9.17, 15) is 0 Å². The Kier molecular flexibility index (Phi) is 1.85. The van der Waals surface area contributed by atoms with E-state index in [4.69, 9.17) is 10.6 Å². The van der Waals surface area contributed by atoms with Gasteiger partial charge in [0.05, 0.1) is 13.2 Å². The van der Waals surface area contributed by atoms with Gasteiger partial charge in [0.2, 0.25) is 11.9 Å². The highest BCUT2D eigenvalue weighted by atomic mass is 16.7. The highest BCUT2D eigenvalue weighted by molar-refractivity contribution is 5.40. The molecule has 0 spiro atoms. The van der Waals surface area contributed by atoms with Crippen LogP contribution in [-0.4, -0.2) is 35.2 Å². The molecule has 0 aliphatic carbocycles. The fourth-order valence-corrected chi connectivity index (χ4v) is 0.944. The zero-order valence-corrected chi connectivity index (χ0v) is 7.19. The van der Waals surface area contributed by atoms with Crippen molar-refractivity contribution in [3.8, 4) is 0 Å². The molecule has 70 valence electrons. The van der Waals surface area contributed by atoms with E-state index in [2.05, 4.69) is 20.3 Å². The van der Waals surface area contributed by atoms with Crippen LogP contribution in [0.3, 0.4) is 0 Å². The fraction of sp³-hybridized carbons (Fsp3) is 0.500. The van der Waals surface area contributed by atoms with E-state index in [0.29, 0.717) is 18.5 Å². The monoisotopic (exact) mass is 182 g/mol. The molecule has 0 radical (unpaired) electrons. The lowest BCUT2D eigenvalue weighted by Gasteiger charge is -2.29. The Morgan fingerprint density at radius 2 is 2.23 bits per heavy atom. The molecule has 1 aliphatic rings. The van der Waals surface area contributed by atoms with E-state index < -0.39 is 0 Å². The summed E-state index contributed by atoms with van der Waals surface area (Å²) in [4.78, 5) is 16.9. The number of nitrogens with zero attached hydrogens (tertiary/aromatic N) is 4. The number of hydrogen-bond donors (Lipinski definition) is 2. The molecule has 0 aromatic carbocycles. The van der Waals surface area contributed by atoms with Gasteiger partial charge >= 0.3 is 0 Å². The van der Waals surface area contributed by atoms with Gasteiger partial charge in [0, 0.05) is 7.05 Å². The molecule has 1 aromatic rings. The molecule has 0 saturated carbocycles. The molecule has 1 aliphatic heterocycles. The first-order valence-corrected chi connectivity index (χ1v) is 3.89. The third-order valence-electron chi connectivity index (χ3n) is 1.63. The normalized spacial score (nSPS) is 15.3. The van der Waals surface area contributed by atoms with Crippen molar-refractivity contribution in [2.45, 2.75) is 0 Å². The number of rotatable bonds is 2. The van der Waals surface area contributed by atoms with Gasteiger partial charge in [0.25, 0.3) is 5.95 Å². The van der Waals surface area contributed by atoms with E-state index in [-0.39, 0.29) is 5.95 Å². The first-order chi connectivity index (χ1) is 6.29. The first-order valence-electron chi connectivity index (χ1n) is 3.89. The third-order valence-corrected chi connectivity index (χ3v) is 1.63. The highest BCUT2D eigenvalue weighted by Crippen LogP contribution is 2.15. The molecule has 13 heavy (non-hydrogen) atoms. The van der Waals surface area contributed by atoms with Crippen molar-refractivity contribution in [3.05, 3.63) is 0 Å². The molecule has 2 rings (SSSR count). The second kappa shape index (κ2) is 3.02. The van der Waals surface area contributed by atoms with Gasteiger partial charge in [-0.1, -0.05) is 0 Å². The van der Waals surface area contributed by atoms with Crippen LogP contribution in [-0.2, 0) is 4.84 Å². The number of anilines is 3. The van der Waals surface area contributed by atoms with Gasteiger partial charge in [-0.15, -0.1) is 0 Å². The predicted octanol–water partition coefficient (Wildman–Crippen LogP) is -0.753. The highest BCUT2D eigenvalue weighted by Gasteiger charge is 2.19. The van der Waals surface area contributed by atoms with Crippen molar-refractivity contribution < 1.29 is 4.84 Å². The summed E-state index contributed by atoms with van der Waals surface area (Å²) < 4.78 is 0. The van der Waals surface area contributed by atoms with Crippen LogP contribution < -0.4 is 16.1 Å². The summed E-state index contributed by atoms with van der Waals surface area (Å²) >= 11 is 0. The van der Waals surface area contributed by atoms with E-state index in [1.54, 1.807) is 12.1 Å². The Morgan fingerprint density at radius 3 is 2.77 bits per heavy atom. The summed E-state index contributed by atoms with van der Waals surface area (Å²) in [5, 5.41) is 4.36. The molecule has 0 bridgehead atoms. The second-order valence-electron chi connectivity index (χ2n) is 2.50. The van der Waals surface area contributed by atoms with Crippen LogP contribution >= 0.6 is 0 Å². The smallest absolute Gasteiger partial charge is 0.256 e. The predicted molar refractivity (Wildman–Crippen MR) is 47.1 cm³/mol. The van der Waals surface area contributed by atoms with Gasteiger partial charge in [-0.3, -0.25) is 4.84 Å². The van der Waals surface area contributed by atoms with Crippen LogP contribution in [0.2, 0.25) is 0 Å². The van der Waals surface area contributed by atoms with E-state index in [1.165, 1.54) is 0 Å². The summed E-state index contributed by atoms with van der Waals surface area (Å²) in [6.07, 6.45) is 0.